The van der Waals surface area contributed by atoms with Crippen LogP contribution in [-0.2, 0) is 11.2 Å². The fraction of sp³-hybridized carbons (Fsp3) is 0.217. The van der Waals surface area contributed by atoms with Crippen molar-refractivity contribution in [2.24, 2.45) is 0 Å². The molecule has 0 fully saturated rings. The number of carbonyl (C=O) groups excluding carboxylic acids is 1. The van der Waals surface area contributed by atoms with Gasteiger partial charge in [0.1, 0.15) is 6.04 Å². The van der Waals surface area contributed by atoms with E-state index in [2.05, 4.69) is 15.6 Å². The molecule has 2 heterocycles. The third-order valence-electron chi connectivity index (χ3n) is 5.18. The quantitative estimate of drug-likeness (QED) is 0.514. The second-order valence-corrected chi connectivity index (χ2v) is 8.19. The summed E-state index contributed by atoms with van der Waals surface area (Å²) in [6.07, 6.45) is 0.800. The van der Waals surface area contributed by atoms with E-state index in [9.17, 15) is 9.59 Å². The van der Waals surface area contributed by atoms with Gasteiger partial charge in [-0.05, 0) is 43.0 Å². The SMILES string of the molecule is CCc1cccc(C)c1NC(=O)[C@@H](C)n1nnc2sc(-c3ccccc3)cc2c1=O. The molecule has 1 amide bonds. The third-order valence-corrected chi connectivity index (χ3v) is 6.24. The number of aromatic nitrogens is 3. The Bertz CT molecular complexity index is 1280. The molecule has 152 valence electrons. The van der Waals surface area contributed by atoms with E-state index in [1.165, 1.54) is 11.3 Å². The Labute approximate surface area is 178 Å². The minimum Gasteiger partial charge on any atom is -0.324 e. The molecule has 0 aliphatic rings. The molecule has 1 N–H and O–H groups in total. The maximum Gasteiger partial charge on any atom is 0.279 e. The Morgan fingerprint density at radius 3 is 2.67 bits per heavy atom. The zero-order valence-electron chi connectivity index (χ0n) is 17.0. The molecule has 0 bridgehead atoms. The van der Waals surface area contributed by atoms with Gasteiger partial charge in [0.25, 0.3) is 5.56 Å². The molecular weight excluding hydrogens is 396 g/mol. The van der Waals surface area contributed by atoms with Gasteiger partial charge in [-0.2, -0.15) is 4.68 Å². The number of nitrogens with one attached hydrogen (secondary N) is 1. The summed E-state index contributed by atoms with van der Waals surface area (Å²) in [5.41, 5.74) is 3.52. The highest BCUT2D eigenvalue weighted by molar-refractivity contribution is 7.21. The predicted octanol–water partition coefficient (Wildman–Crippen LogP) is 4.59. The number of para-hydroxylation sites is 1. The van der Waals surface area contributed by atoms with Crippen LogP contribution in [0.1, 0.15) is 31.0 Å². The monoisotopic (exact) mass is 418 g/mol. The first-order valence-corrected chi connectivity index (χ1v) is 10.6. The van der Waals surface area contributed by atoms with Gasteiger partial charge in [0, 0.05) is 10.6 Å². The summed E-state index contributed by atoms with van der Waals surface area (Å²) >= 11 is 1.42. The number of benzene rings is 2. The van der Waals surface area contributed by atoms with Crippen molar-refractivity contribution in [1.82, 2.24) is 15.0 Å². The van der Waals surface area contributed by atoms with E-state index in [1.54, 1.807) is 6.92 Å². The average Bonchev–Trinajstić information content (AvgIpc) is 3.21. The van der Waals surface area contributed by atoms with Gasteiger partial charge in [0.05, 0.1) is 5.39 Å². The summed E-state index contributed by atoms with van der Waals surface area (Å²) < 4.78 is 1.16. The zero-order valence-corrected chi connectivity index (χ0v) is 17.9. The normalized spacial score (nSPS) is 12.1. The number of carbonyl (C=O) groups is 1. The van der Waals surface area contributed by atoms with Crippen LogP contribution in [0.2, 0.25) is 0 Å². The van der Waals surface area contributed by atoms with Gasteiger partial charge in [-0.15, -0.1) is 16.4 Å². The van der Waals surface area contributed by atoms with Crippen molar-refractivity contribution < 1.29 is 4.79 Å². The number of hydrogen-bond acceptors (Lipinski definition) is 5. The number of aryl methyl sites for hydroxylation is 2. The lowest BCUT2D eigenvalue weighted by atomic mass is 10.1. The zero-order chi connectivity index (χ0) is 21.3. The lowest BCUT2D eigenvalue weighted by Crippen LogP contribution is -2.34. The maximum absolute atomic E-state index is 13.0. The number of amides is 1. The van der Waals surface area contributed by atoms with Crippen molar-refractivity contribution >= 4 is 33.1 Å². The van der Waals surface area contributed by atoms with Crippen LogP contribution in [0.15, 0.2) is 59.4 Å². The summed E-state index contributed by atoms with van der Waals surface area (Å²) in [7, 11) is 0. The Balaban J connectivity index is 1.67. The summed E-state index contributed by atoms with van der Waals surface area (Å²) in [5, 5.41) is 11.7. The summed E-state index contributed by atoms with van der Waals surface area (Å²) in [6, 6.07) is 16.8. The van der Waals surface area contributed by atoms with Crippen molar-refractivity contribution in [3.8, 4) is 10.4 Å². The smallest absolute Gasteiger partial charge is 0.279 e. The van der Waals surface area contributed by atoms with Gasteiger partial charge in [0.15, 0.2) is 4.83 Å². The van der Waals surface area contributed by atoms with E-state index < -0.39 is 6.04 Å². The topological polar surface area (TPSA) is 76.9 Å². The van der Waals surface area contributed by atoms with Crippen LogP contribution in [0.3, 0.4) is 0 Å². The lowest BCUT2D eigenvalue weighted by Gasteiger charge is -2.17. The molecule has 0 spiro atoms. The highest BCUT2D eigenvalue weighted by Crippen LogP contribution is 2.30. The Hall–Kier alpha value is -3.32. The number of rotatable bonds is 5. The minimum atomic E-state index is -0.793. The minimum absolute atomic E-state index is 0.298. The average molecular weight is 419 g/mol. The number of hydrogen-bond donors (Lipinski definition) is 1. The Morgan fingerprint density at radius 2 is 1.93 bits per heavy atom. The molecule has 7 heteroatoms. The summed E-state index contributed by atoms with van der Waals surface area (Å²) in [6.45, 7) is 5.65. The van der Waals surface area contributed by atoms with E-state index in [4.69, 9.17) is 0 Å². The standard InChI is InChI=1S/C23H22N4O2S/c1-4-16-12-8-9-14(2)20(16)24-21(28)15(3)27-23(29)18-13-19(30-22(18)25-26-27)17-10-6-5-7-11-17/h5-13,15H,4H2,1-3H3,(H,24,28)/t15-/m1/s1. The first-order chi connectivity index (χ1) is 14.5. The van der Waals surface area contributed by atoms with Gasteiger partial charge in [-0.3, -0.25) is 9.59 Å². The van der Waals surface area contributed by atoms with Gasteiger partial charge in [0.2, 0.25) is 5.91 Å². The van der Waals surface area contributed by atoms with Gasteiger partial charge in [-0.25, -0.2) is 0 Å². The van der Waals surface area contributed by atoms with E-state index in [1.807, 2.05) is 68.4 Å². The van der Waals surface area contributed by atoms with Gasteiger partial charge >= 0.3 is 0 Å². The second-order valence-electron chi connectivity index (χ2n) is 7.16. The summed E-state index contributed by atoms with van der Waals surface area (Å²) in [5.74, 6) is -0.298. The number of thiophene rings is 1. The molecule has 4 rings (SSSR count). The van der Waals surface area contributed by atoms with Crippen molar-refractivity contribution in [2.75, 3.05) is 5.32 Å². The second kappa shape index (κ2) is 8.20. The van der Waals surface area contributed by atoms with Crippen LogP contribution in [-0.4, -0.2) is 20.9 Å². The van der Waals surface area contributed by atoms with Crippen molar-refractivity contribution in [1.29, 1.82) is 0 Å². The van der Waals surface area contributed by atoms with Crippen molar-refractivity contribution in [3.05, 3.63) is 76.1 Å². The molecule has 2 aromatic heterocycles. The van der Waals surface area contributed by atoms with E-state index >= 15 is 0 Å². The highest BCUT2D eigenvalue weighted by atomic mass is 32.1. The molecule has 0 radical (unpaired) electrons. The number of fused-ring (bicyclic) bond motifs is 1. The Kier molecular flexibility index (Phi) is 5.46. The first-order valence-electron chi connectivity index (χ1n) is 9.83. The fourth-order valence-electron chi connectivity index (χ4n) is 3.40. The Morgan fingerprint density at radius 1 is 1.17 bits per heavy atom. The molecule has 0 saturated carbocycles. The van der Waals surface area contributed by atoms with Crippen LogP contribution in [0.25, 0.3) is 20.7 Å². The van der Waals surface area contributed by atoms with Crippen LogP contribution < -0.4 is 10.9 Å². The third kappa shape index (κ3) is 3.64. The highest BCUT2D eigenvalue weighted by Gasteiger charge is 2.21. The van der Waals surface area contributed by atoms with E-state index in [0.29, 0.717) is 10.2 Å². The van der Waals surface area contributed by atoms with Crippen LogP contribution in [0, 0.1) is 6.92 Å². The van der Waals surface area contributed by atoms with Crippen LogP contribution in [0.4, 0.5) is 5.69 Å². The lowest BCUT2D eigenvalue weighted by molar-refractivity contribution is -0.119. The molecule has 6 nitrogen and oxygen atoms in total. The first kappa shape index (κ1) is 20.0. The molecule has 0 saturated heterocycles. The molecule has 30 heavy (non-hydrogen) atoms. The fourth-order valence-corrected chi connectivity index (χ4v) is 4.37. The molecule has 0 aliphatic carbocycles. The van der Waals surface area contributed by atoms with Crippen LogP contribution >= 0.6 is 11.3 Å². The van der Waals surface area contributed by atoms with Gasteiger partial charge in [-0.1, -0.05) is 60.7 Å². The molecule has 2 aromatic carbocycles. The van der Waals surface area contributed by atoms with Crippen LogP contribution in [0.5, 0.6) is 0 Å². The maximum atomic E-state index is 13.0. The predicted molar refractivity (Wildman–Crippen MR) is 121 cm³/mol. The molecule has 0 aliphatic heterocycles. The number of anilines is 1. The number of nitrogens with zero attached hydrogens (tertiary/aromatic N) is 3. The largest absolute Gasteiger partial charge is 0.324 e. The molecule has 4 aromatic rings. The van der Waals surface area contributed by atoms with E-state index in [-0.39, 0.29) is 11.5 Å². The van der Waals surface area contributed by atoms with Crippen molar-refractivity contribution in [3.63, 3.8) is 0 Å². The molecule has 1 atom stereocenters. The van der Waals surface area contributed by atoms with Crippen molar-refractivity contribution in [2.45, 2.75) is 33.2 Å². The van der Waals surface area contributed by atoms with E-state index in [0.717, 1.165) is 38.4 Å². The van der Waals surface area contributed by atoms with Gasteiger partial charge < -0.3 is 5.32 Å². The molecular formula is C23H22N4O2S. The summed E-state index contributed by atoms with van der Waals surface area (Å²) in [4.78, 5) is 27.5. The molecule has 0 unspecified atom stereocenters.